The van der Waals surface area contributed by atoms with Gasteiger partial charge in [0.2, 0.25) is 0 Å². The van der Waals surface area contributed by atoms with E-state index in [4.69, 9.17) is 4.52 Å². The molecule has 158 valence electrons. The van der Waals surface area contributed by atoms with Gasteiger partial charge in [-0.1, -0.05) is 29.4 Å². The van der Waals surface area contributed by atoms with Crippen LogP contribution in [0.15, 0.2) is 41.2 Å². The van der Waals surface area contributed by atoms with E-state index in [2.05, 4.69) is 55.8 Å². The van der Waals surface area contributed by atoms with Gasteiger partial charge in [-0.3, -0.25) is 9.80 Å². The van der Waals surface area contributed by atoms with Gasteiger partial charge in [0.1, 0.15) is 11.6 Å². The number of hydrogen-bond acceptors (Lipinski definition) is 5. The lowest BCUT2D eigenvalue weighted by Crippen LogP contribution is -2.51. The fourth-order valence-corrected chi connectivity index (χ4v) is 5.36. The lowest BCUT2D eigenvalue weighted by Gasteiger charge is -2.48. The van der Waals surface area contributed by atoms with Crippen LogP contribution in [0.1, 0.15) is 46.8 Å². The molecule has 1 spiro atoms. The van der Waals surface area contributed by atoms with Crippen molar-refractivity contribution >= 4 is 0 Å². The Balaban J connectivity index is 1.35. The number of aromatic nitrogens is 3. The van der Waals surface area contributed by atoms with E-state index in [1.807, 2.05) is 26.2 Å². The molecule has 6 nitrogen and oxygen atoms in total. The minimum absolute atomic E-state index is 0.231. The number of piperidine rings is 1. The second-order valence-corrected chi connectivity index (χ2v) is 9.12. The molecule has 0 unspecified atom stereocenters. The first-order chi connectivity index (χ1) is 14.5. The van der Waals surface area contributed by atoms with E-state index >= 15 is 0 Å². The van der Waals surface area contributed by atoms with Crippen molar-refractivity contribution in [2.45, 2.75) is 51.7 Å². The highest BCUT2D eigenvalue weighted by atomic mass is 16.5. The number of fused-ring (bicyclic) bond motifs is 2. The molecule has 0 radical (unpaired) electrons. The van der Waals surface area contributed by atoms with Crippen LogP contribution in [0.5, 0.6) is 0 Å². The molecule has 2 aliphatic heterocycles. The van der Waals surface area contributed by atoms with Gasteiger partial charge in [-0.2, -0.15) is 0 Å². The third-order valence-electron chi connectivity index (χ3n) is 7.17. The topological polar surface area (TPSA) is 50.3 Å². The Morgan fingerprint density at radius 2 is 1.87 bits per heavy atom. The van der Waals surface area contributed by atoms with Crippen LogP contribution in [0.3, 0.4) is 0 Å². The monoisotopic (exact) mass is 405 g/mol. The summed E-state index contributed by atoms with van der Waals surface area (Å²) in [5.74, 6) is 2.09. The summed E-state index contributed by atoms with van der Waals surface area (Å²) >= 11 is 0. The SMILES string of the molecule is Cc1noc(C)c1CN1CCC2(CC1)CN(Cc1nccn1C)Cc1ccccc12. The number of aryl methyl sites for hydroxylation is 3. The smallest absolute Gasteiger partial charge is 0.138 e. The Morgan fingerprint density at radius 3 is 2.57 bits per heavy atom. The standard InChI is InChI=1S/C24H31N5O/c1-18-21(19(2)30-26-18)15-28-11-8-24(9-12-28)17-29(16-23-25-10-13-27(23)3)14-20-6-4-5-7-22(20)24/h4-7,10,13H,8-9,11-12,14-17H2,1-3H3. The second kappa shape index (κ2) is 7.67. The van der Waals surface area contributed by atoms with Gasteiger partial charge in [0, 0.05) is 50.1 Å². The van der Waals surface area contributed by atoms with Gasteiger partial charge in [0.15, 0.2) is 0 Å². The highest BCUT2D eigenvalue weighted by Crippen LogP contribution is 2.42. The number of likely N-dealkylation sites (tertiary alicyclic amines) is 1. The fourth-order valence-electron chi connectivity index (χ4n) is 5.36. The van der Waals surface area contributed by atoms with Gasteiger partial charge in [-0.15, -0.1) is 0 Å². The largest absolute Gasteiger partial charge is 0.361 e. The second-order valence-electron chi connectivity index (χ2n) is 9.12. The summed E-state index contributed by atoms with van der Waals surface area (Å²) in [5, 5.41) is 4.13. The average Bonchev–Trinajstić information content (AvgIpc) is 3.29. The van der Waals surface area contributed by atoms with Gasteiger partial charge in [0.25, 0.3) is 0 Å². The molecule has 0 atom stereocenters. The number of rotatable bonds is 4. The van der Waals surface area contributed by atoms with Crippen LogP contribution in [-0.4, -0.2) is 44.1 Å². The van der Waals surface area contributed by atoms with Gasteiger partial charge in [-0.05, 0) is 50.9 Å². The molecule has 0 bridgehead atoms. The Morgan fingerprint density at radius 1 is 1.07 bits per heavy atom. The quantitative estimate of drug-likeness (QED) is 0.664. The van der Waals surface area contributed by atoms with Crippen LogP contribution in [0.2, 0.25) is 0 Å². The number of nitrogens with zero attached hydrogens (tertiary/aromatic N) is 5. The van der Waals surface area contributed by atoms with Crippen molar-refractivity contribution in [1.82, 2.24) is 24.5 Å². The van der Waals surface area contributed by atoms with Gasteiger partial charge in [0.05, 0.1) is 12.2 Å². The Kier molecular flexibility index (Phi) is 4.99. The molecule has 30 heavy (non-hydrogen) atoms. The molecule has 2 aromatic heterocycles. The molecule has 6 heteroatoms. The molecule has 1 aromatic carbocycles. The summed E-state index contributed by atoms with van der Waals surface area (Å²) in [5.41, 5.74) is 5.56. The van der Waals surface area contributed by atoms with E-state index < -0.39 is 0 Å². The van der Waals surface area contributed by atoms with E-state index in [1.54, 1.807) is 5.56 Å². The van der Waals surface area contributed by atoms with E-state index in [0.29, 0.717) is 0 Å². The molecule has 1 fully saturated rings. The minimum Gasteiger partial charge on any atom is -0.361 e. The zero-order valence-corrected chi connectivity index (χ0v) is 18.3. The number of imidazole rings is 1. The van der Waals surface area contributed by atoms with Crippen molar-refractivity contribution in [3.8, 4) is 0 Å². The van der Waals surface area contributed by atoms with Crippen LogP contribution in [0, 0.1) is 13.8 Å². The van der Waals surface area contributed by atoms with E-state index in [-0.39, 0.29) is 5.41 Å². The van der Waals surface area contributed by atoms with Crippen LogP contribution < -0.4 is 0 Å². The van der Waals surface area contributed by atoms with Crippen molar-refractivity contribution in [1.29, 1.82) is 0 Å². The average molecular weight is 406 g/mol. The fraction of sp³-hybridized carbons (Fsp3) is 0.500. The molecular formula is C24H31N5O. The zero-order chi connectivity index (χ0) is 20.7. The van der Waals surface area contributed by atoms with E-state index in [1.165, 1.54) is 24.0 Å². The first kappa shape index (κ1) is 19.5. The van der Waals surface area contributed by atoms with Crippen molar-refractivity contribution in [2.24, 2.45) is 7.05 Å². The van der Waals surface area contributed by atoms with Crippen molar-refractivity contribution in [3.05, 3.63) is 70.6 Å². The maximum absolute atomic E-state index is 5.38. The first-order valence-electron chi connectivity index (χ1n) is 11.0. The molecule has 0 aliphatic carbocycles. The molecule has 4 heterocycles. The molecule has 0 amide bonds. The minimum atomic E-state index is 0.231. The van der Waals surface area contributed by atoms with Gasteiger partial charge < -0.3 is 9.09 Å². The molecule has 3 aromatic rings. The number of benzene rings is 1. The van der Waals surface area contributed by atoms with Crippen LogP contribution in [-0.2, 0) is 32.1 Å². The Hall–Kier alpha value is -2.44. The van der Waals surface area contributed by atoms with E-state index in [0.717, 1.165) is 56.5 Å². The lowest BCUT2D eigenvalue weighted by molar-refractivity contribution is 0.0889. The van der Waals surface area contributed by atoms with Crippen molar-refractivity contribution in [3.63, 3.8) is 0 Å². The van der Waals surface area contributed by atoms with Crippen LogP contribution >= 0.6 is 0 Å². The molecule has 0 saturated carbocycles. The third kappa shape index (κ3) is 3.48. The zero-order valence-electron chi connectivity index (χ0n) is 18.3. The summed E-state index contributed by atoms with van der Waals surface area (Å²) in [6.07, 6.45) is 6.31. The summed E-state index contributed by atoms with van der Waals surface area (Å²) in [4.78, 5) is 9.73. The summed E-state index contributed by atoms with van der Waals surface area (Å²) < 4.78 is 7.51. The van der Waals surface area contributed by atoms with Crippen LogP contribution in [0.25, 0.3) is 0 Å². The Labute approximate surface area is 178 Å². The predicted octanol–water partition coefficient (Wildman–Crippen LogP) is 3.57. The molecule has 0 N–H and O–H groups in total. The van der Waals surface area contributed by atoms with Crippen LogP contribution in [0.4, 0.5) is 0 Å². The highest BCUT2D eigenvalue weighted by Gasteiger charge is 2.42. The Bertz CT molecular complexity index is 1010. The maximum atomic E-state index is 5.38. The molecule has 5 rings (SSSR count). The van der Waals surface area contributed by atoms with Gasteiger partial charge >= 0.3 is 0 Å². The lowest BCUT2D eigenvalue weighted by atomic mass is 9.69. The molecule has 2 aliphatic rings. The normalized spacial score (nSPS) is 19.3. The first-order valence-corrected chi connectivity index (χ1v) is 11.0. The summed E-state index contributed by atoms with van der Waals surface area (Å²) in [6, 6.07) is 9.09. The molecular weight excluding hydrogens is 374 g/mol. The maximum Gasteiger partial charge on any atom is 0.138 e. The van der Waals surface area contributed by atoms with Crippen molar-refractivity contribution < 1.29 is 4.52 Å². The number of hydrogen-bond donors (Lipinski definition) is 0. The van der Waals surface area contributed by atoms with Crippen molar-refractivity contribution in [2.75, 3.05) is 19.6 Å². The summed E-state index contributed by atoms with van der Waals surface area (Å²) in [7, 11) is 2.09. The van der Waals surface area contributed by atoms with Gasteiger partial charge in [-0.25, -0.2) is 4.98 Å². The molecule has 1 saturated heterocycles. The summed E-state index contributed by atoms with van der Waals surface area (Å²) in [6.45, 7) is 10.2. The van der Waals surface area contributed by atoms with E-state index in [9.17, 15) is 0 Å². The predicted molar refractivity (Wildman–Crippen MR) is 116 cm³/mol. The third-order valence-corrected chi connectivity index (χ3v) is 7.17. The highest BCUT2D eigenvalue weighted by molar-refractivity contribution is 5.38.